The molecule has 1 aromatic rings. The van der Waals surface area contributed by atoms with Crippen molar-refractivity contribution in [1.29, 1.82) is 0 Å². The summed E-state index contributed by atoms with van der Waals surface area (Å²) in [4.78, 5) is 14.5. The topological polar surface area (TPSA) is 32.3 Å². The molecule has 1 aliphatic heterocycles. The molecule has 0 radical (unpaired) electrons. The third-order valence-electron chi connectivity index (χ3n) is 3.86. The van der Waals surface area contributed by atoms with Gasteiger partial charge in [0.25, 0.3) is 0 Å². The second-order valence-corrected chi connectivity index (χ2v) is 7.13. The lowest BCUT2D eigenvalue weighted by Gasteiger charge is -2.23. The molecule has 1 heterocycles. The Balaban J connectivity index is 2.04. The fourth-order valence-corrected chi connectivity index (χ4v) is 2.72. The fraction of sp³-hybridized carbons (Fsp3) is 0.588. The van der Waals surface area contributed by atoms with E-state index in [1.807, 2.05) is 30.9 Å². The molecule has 1 aliphatic rings. The summed E-state index contributed by atoms with van der Waals surface area (Å²) in [5.74, 6) is 0.217. The van der Waals surface area contributed by atoms with Gasteiger partial charge in [0.1, 0.15) is 0 Å². The summed E-state index contributed by atoms with van der Waals surface area (Å²) in [5, 5.41) is 3.47. The van der Waals surface area contributed by atoms with Gasteiger partial charge in [-0.15, -0.1) is 0 Å². The molecule has 1 amide bonds. The first kappa shape index (κ1) is 15.0. The van der Waals surface area contributed by atoms with Crippen LogP contribution in [0.15, 0.2) is 24.3 Å². The largest absolute Gasteiger partial charge is 0.312 e. The van der Waals surface area contributed by atoms with Crippen molar-refractivity contribution in [3.8, 4) is 0 Å². The van der Waals surface area contributed by atoms with Crippen LogP contribution in [0.1, 0.15) is 46.6 Å². The molecule has 1 N–H and O–H groups in total. The maximum atomic E-state index is 12.6. The van der Waals surface area contributed by atoms with Crippen molar-refractivity contribution in [2.45, 2.75) is 52.0 Å². The number of rotatable bonds is 4. The molecule has 0 aromatic heterocycles. The second-order valence-electron chi connectivity index (χ2n) is 7.13. The smallest absolute Gasteiger partial charge is 0.237 e. The number of para-hydroxylation sites is 1. The van der Waals surface area contributed by atoms with Crippen molar-refractivity contribution in [2.24, 2.45) is 0 Å². The van der Waals surface area contributed by atoms with Crippen LogP contribution in [-0.4, -0.2) is 24.5 Å². The molecule has 0 unspecified atom stereocenters. The zero-order chi connectivity index (χ0) is 15.0. The first-order valence-corrected chi connectivity index (χ1v) is 7.40. The summed E-state index contributed by atoms with van der Waals surface area (Å²) >= 11 is 0. The van der Waals surface area contributed by atoms with E-state index in [1.165, 1.54) is 0 Å². The van der Waals surface area contributed by atoms with Crippen molar-refractivity contribution in [2.75, 3.05) is 18.0 Å². The van der Waals surface area contributed by atoms with Gasteiger partial charge in [0.05, 0.1) is 5.41 Å². The van der Waals surface area contributed by atoms with Gasteiger partial charge in [0.15, 0.2) is 0 Å². The Kier molecular flexibility index (Phi) is 3.92. The SMILES string of the molecule is CC(C)(C)NCCCN1C(=O)C(C)(C)c2ccccc21. The van der Waals surface area contributed by atoms with Crippen molar-refractivity contribution >= 4 is 11.6 Å². The highest BCUT2D eigenvalue weighted by Crippen LogP contribution is 2.41. The summed E-state index contributed by atoms with van der Waals surface area (Å²) < 4.78 is 0. The number of anilines is 1. The summed E-state index contributed by atoms with van der Waals surface area (Å²) in [7, 11) is 0. The highest BCUT2D eigenvalue weighted by molar-refractivity contribution is 6.07. The third kappa shape index (κ3) is 2.88. The molecule has 3 nitrogen and oxygen atoms in total. The number of hydrogen-bond donors (Lipinski definition) is 1. The predicted octanol–water partition coefficient (Wildman–Crippen LogP) is 3.09. The molecule has 0 saturated carbocycles. The van der Waals surface area contributed by atoms with E-state index < -0.39 is 5.41 Å². The molecular weight excluding hydrogens is 248 g/mol. The lowest BCUT2D eigenvalue weighted by Crippen LogP contribution is -2.40. The molecular formula is C17H26N2O. The van der Waals surface area contributed by atoms with Crippen LogP contribution >= 0.6 is 0 Å². The third-order valence-corrected chi connectivity index (χ3v) is 3.86. The van der Waals surface area contributed by atoms with Gasteiger partial charge in [-0.05, 0) is 59.2 Å². The molecule has 20 heavy (non-hydrogen) atoms. The molecule has 0 fully saturated rings. The number of carbonyl (C=O) groups is 1. The number of amides is 1. The number of benzene rings is 1. The molecule has 0 bridgehead atoms. The van der Waals surface area contributed by atoms with Crippen LogP contribution in [0.25, 0.3) is 0 Å². The van der Waals surface area contributed by atoms with E-state index >= 15 is 0 Å². The first-order valence-electron chi connectivity index (χ1n) is 7.40. The molecule has 0 saturated heterocycles. The first-order chi connectivity index (χ1) is 9.23. The van der Waals surface area contributed by atoms with Crippen LogP contribution in [0.2, 0.25) is 0 Å². The van der Waals surface area contributed by atoms with Gasteiger partial charge >= 0.3 is 0 Å². The van der Waals surface area contributed by atoms with Crippen molar-refractivity contribution in [1.82, 2.24) is 5.32 Å². The maximum absolute atomic E-state index is 12.6. The van der Waals surface area contributed by atoms with Gasteiger partial charge in [-0.3, -0.25) is 4.79 Å². The number of fused-ring (bicyclic) bond motifs is 1. The number of nitrogens with zero attached hydrogens (tertiary/aromatic N) is 1. The van der Waals surface area contributed by atoms with E-state index in [2.05, 4.69) is 38.2 Å². The molecule has 0 aliphatic carbocycles. The summed E-state index contributed by atoms with van der Waals surface area (Å²) in [5.41, 5.74) is 1.97. The van der Waals surface area contributed by atoms with Gasteiger partial charge in [-0.1, -0.05) is 18.2 Å². The monoisotopic (exact) mass is 274 g/mol. The number of nitrogens with one attached hydrogen (secondary N) is 1. The molecule has 1 aromatic carbocycles. The summed E-state index contributed by atoms with van der Waals surface area (Å²) in [6, 6.07) is 8.15. The quantitative estimate of drug-likeness (QED) is 0.856. The summed E-state index contributed by atoms with van der Waals surface area (Å²) in [6.45, 7) is 12.2. The van der Waals surface area contributed by atoms with Gasteiger partial charge in [0, 0.05) is 17.8 Å². The van der Waals surface area contributed by atoms with Crippen LogP contribution in [0.5, 0.6) is 0 Å². The van der Waals surface area contributed by atoms with Crippen LogP contribution in [0, 0.1) is 0 Å². The minimum atomic E-state index is -0.395. The Morgan fingerprint density at radius 2 is 1.85 bits per heavy atom. The normalized spacial score (nSPS) is 17.4. The van der Waals surface area contributed by atoms with Gasteiger partial charge in [-0.25, -0.2) is 0 Å². The number of hydrogen-bond acceptors (Lipinski definition) is 2. The average molecular weight is 274 g/mol. The molecule has 0 spiro atoms. The number of carbonyl (C=O) groups excluding carboxylic acids is 1. The Hall–Kier alpha value is -1.35. The Morgan fingerprint density at radius 3 is 2.50 bits per heavy atom. The van der Waals surface area contributed by atoms with Gasteiger partial charge in [-0.2, -0.15) is 0 Å². The minimum absolute atomic E-state index is 0.131. The Labute approximate surface area is 122 Å². The van der Waals surface area contributed by atoms with Crippen LogP contribution < -0.4 is 10.2 Å². The standard InChI is InChI=1S/C17H26N2O/c1-16(2,3)18-11-8-12-19-14-10-7-6-9-13(14)17(4,5)15(19)20/h6-7,9-10,18H,8,11-12H2,1-5H3. The van der Waals surface area contributed by atoms with Crippen LogP contribution in [0.3, 0.4) is 0 Å². The zero-order valence-electron chi connectivity index (χ0n) is 13.3. The van der Waals surface area contributed by atoms with Crippen molar-refractivity contribution < 1.29 is 4.79 Å². The van der Waals surface area contributed by atoms with E-state index in [4.69, 9.17) is 0 Å². The Morgan fingerprint density at radius 1 is 1.20 bits per heavy atom. The lowest BCUT2D eigenvalue weighted by molar-refractivity contribution is -0.122. The van der Waals surface area contributed by atoms with Gasteiger partial charge in [0.2, 0.25) is 5.91 Å². The summed E-state index contributed by atoms with van der Waals surface area (Å²) in [6.07, 6.45) is 0.966. The van der Waals surface area contributed by atoms with Crippen molar-refractivity contribution in [3.05, 3.63) is 29.8 Å². The van der Waals surface area contributed by atoms with Crippen molar-refractivity contribution in [3.63, 3.8) is 0 Å². The average Bonchev–Trinajstić information content (AvgIpc) is 2.54. The zero-order valence-corrected chi connectivity index (χ0v) is 13.3. The molecule has 110 valence electrons. The second kappa shape index (κ2) is 5.21. The molecule has 2 rings (SSSR count). The highest BCUT2D eigenvalue weighted by atomic mass is 16.2. The Bertz CT molecular complexity index is 500. The van der Waals surface area contributed by atoms with E-state index in [0.717, 1.165) is 30.8 Å². The van der Waals surface area contributed by atoms with E-state index in [9.17, 15) is 4.79 Å². The fourth-order valence-electron chi connectivity index (χ4n) is 2.72. The maximum Gasteiger partial charge on any atom is 0.237 e. The predicted molar refractivity (Wildman–Crippen MR) is 84.2 cm³/mol. The van der Waals surface area contributed by atoms with E-state index in [-0.39, 0.29) is 11.4 Å². The lowest BCUT2D eigenvalue weighted by atomic mass is 9.86. The highest BCUT2D eigenvalue weighted by Gasteiger charge is 2.43. The van der Waals surface area contributed by atoms with Crippen LogP contribution in [-0.2, 0) is 10.2 Å². The van der Waals surface area contributed by atoms with Crippen LogP contribution in [0.4, 0.5) is 5.69 Å². The minimum Gasteiger partial charge on any atom is -0.312 e. The molecule has 3 heteroatoms. The van der Waals surface area contributed by atoms with E-state index in [1.54, 1.807) is 0 Å². The molecule has 0 atom stereocenters. The van der Waals surface area contributed by atoms with Gasteiger partial charge < -0.3 is 10.2 Å². The van der Waals surface area contributed by atoms with E-state index in [0.29, 0.717) is 0 Å².